The Kier molecular flexibility index (Phi) is 6.01. The van der Waals surface area contributed by atoms with Crippen molar-refractivity contribution in [2.24, 2.45) is 7.05 Å². The van der Waals surface area contributed by atoms with Crippen LogP contribution in [0.5, 0.6) is 5.75 Å². The van der Waals surface area contributed by atoms with Gasteiger partial charge >= 0.3 is 0 Å². The van der Waals surface area contributed by atoms with Gasteiger partial charge in [-0.1, -0.05) is 25.3 Å². The molecule has 7 nitrogen and oxygen atoms in total. The Balaban J connectivity index is 1.69. The maximum atomic E-state index is 13.0. The zero-order chi connectivity index (χ0) is 24.7. The van der Waals surface area contributed by atoms with Gasteiger partial charge in [0, 0.05) is 47.8 Å². The molecule has 0 N–H and O–H groups in total. The molecule has 5 rings (SSSR count). The molecule has 2 aromatic carbocycles. The summed E-state index contributed by atoms with van der Waals surface area (Å²) in [6.45, 7) is 0. The van der Waals surface area contributed by atoms with Crippen LogP contribution in [-0.4, -0.2) is 36.1 Å². The Morgan fingerprint density at radius 1 is 0.943 bits per heavy atom. The van der Waals surface area contributed by atoms with E-state index in [2.05, 4.69) is 16.0 Å². The lowest BCUT2D eigenvalue weighted by Crippen LogP contribution is -2.16. The second-order valence-corrected chi connectivity index (χ2v) is 11.4. The van der Waals surface area contributed by atoms with Gasteiger partial charge in [0.15, 0.2) is 9.84 Å². The van der Waals surface area contributed by atoms with Crippen LogP contribution >= 0.6 is 0 Å². The second kappa shape index (κ2) is 9.00. The summed E-state index contributed by atoms with van der Waals surface area (Å²) >= 11 is 0. The van der Waals surface area contributed by atoms with E-state index < -0.39 is 9.84 Å². The predicted molar refractivity (Wildman–Crippen MR) is 138 cm³/mol. The zero-order valence-electron chi connectivity index (χ0n) is 20.2. The molecule has 0 spiro atoms. The van der Waals surface area contributed by atoms with Crippen molar-refractivity contribution in [3.05, 3.63) is 65.3 Å². The van der Waals surface area contributed by atoms with Crippen LogP contribution < -0.4 is 10.3 Å². The molecule has 0 radical (unpaired) electrons. The van der Waals surface area contributed by atoms with Gasteiger partial charge in [-0.05, 0) is 54.1 Å². The van der Waals surface area contributed by atoms with Crippen LogP contribution in [0.3, 0.4) is 0 Å². The van der Waals surface area contributed by atoms with Crippen molar-refractivity contribution in [2.45, 2.75) is 43.0 Å². The highest BCUT2D eigenvalue weighted by atomic mass is 32.2. The first-order valence-electron chi connectivity index (χ1n) is 11.8. The monoisotopic (exact) mass is 491 g/mol. The molecule has 8 heteroatoms. The van der Waals surface area contributed by atoms with E-state index in [1.807, 2.05) is 24.4 Å². The first kappa shape index (κ1) is 23.4. The number of hydrogen-bond acceptors (Lipinski definition) is 5. The molecule has 0 unspecified atom stereocenters. The maximum absolute atomic E-state index is 13.0. The molecule has 4 aromatic rings. The average molecular weight is 492 g/mol. The number of hydrogen-bond donors (Lipinski definition) is 0. The molecule has 1 aliphatic carbocycles. The minimum absolute atomic E-state index is 0.119. The van der Waals surface area contributed by atoms with Crippen LogP contribution in [-0.2, 0) is 16.9 Å². The highest BCUT2D eigenvalue weighted by molar-refractivity contribution is 7.90. The topological polar surface area (TPSA) is 83.2 Å². The van der Waals surface area contributed by atoms with Crippen molar-refractivity contribution in [3.63, 3.8) is 0 Å². The lowest BCUT2D eigenvalue weighted by atomic mass is 9.95. The SMILES string of the molecule is COc1ccc(S(C)(=O)=O)cc1-c1cn(C)c(=O)c2ccc(-c3cnn(C4CCCCC4)c3)cc12. The summed E-state index contributed by atoms with van der Waals surface area (Å²) in [5, 5.41) is 5.93. The normalized spacial score (nSPS) is 14.9. The third-order valence-corrected chi connectivity index (χ3v) is 8.07. The molecule has 1 fully saturated rings. The first-order chi connectivity index (χ1) is 16.8. The molecule has 0 bridgehead atoms. The Hall–Kier alpha value is -3.39. The number of ether oxygens (including phenoxy) is 1. The van der Waals surface area contributed by atoms with Crippen LogP contribution in [0.2, 0.25) is 0 Å². The number of methoxy groups -OCH3 is 1. The number of pyridine rings is 1. The van der Waals surface area contributed by atoms with Gasteiger partial charge in [-0.3, -0.25) is 9.48 Å². The van der Waals surface area contributed by atoms with E-state index >= 15 is 0 Å². The minimum atomic E-state index is -3.42. The van der Waals surface area contributed by atoms with Crippen molar-refractivity contribution in [2.75, 3.05) is 13.4 Å². The highest BCUT2D eigenvalue weighted by Gasteiger charge is 2.19. The lowest BCUT2D eigenvalue weighted by Gasteiger charge is -2.21. The minimum Gasteiger partial charge on any atom is -0.496 e. The number of rotatable bonds is 5. The van der Waals surface area contributed by atoms with Gasteiger partial charge in [-0.25, -0.2) is 8.42 Å². The van der Waals surface area contributed by atoms with Crippen molar-refractivity contribution in [1.29, 1.82) is 0 Å². The number of nitrogens with zero attached hydrogens (tertiary/aromatic N) is 3. The molecule has 0 amide bonds. The number of fused-ring (bicyclic) bond motifs is 1. The molecule has 0 aliphatic heterocycles. The molecule has 1 saturated carbocycles. The molecule has 182 valence electrons. The molecular formula is C27H29N3O4S. The lowest BCUT2D eigenvalue weighted by molar-refractivity contribution is 0.329. The number of benzene rings is 2. The van der Waals surface area contributed by atoms with E-state index in [0.717, 1.165) is 34.9 Å². The number of sulfone groups is 1. The van der Waals surface area contributed by atoms with Crippen LogP contribution in [0.25, 0.3) is 33.0 Å². The van der Waals surface area contributed by atoms with E-state index in [4.69, 9.17) is 4.74 Å². The zero-order valence-corrected chi connectivity index (χ0v) is 21.0. The fourth-order valence-electron chi connectivity index (χ4n) is 5.02. The van der Waals surface area contributed by atoms with E-state index in [9.17, 15) is 13.2 Å². The van der Waals surface area contributed by atoms with Gasteiger partial charge in [0.25, 0.3) is 5.56 Å². The Morgan fingerprint density at radius 3 is 2.43 bits per heavy atom. The Morgan fingerprint density at radius 2 is 1.71 bits per heavy atom. The van der Waals surface area contributed by atoms with Crippen molar-refractivity contribution >= 4 is 20.6 Å². The summed E-state index contributed by atoms with van der Waals surface area (Å²) in [5.41, 5.74) is 3.16. The highest BCUT2D eigenvalue weighted by Crippen LogP contribution is 2.37. The number of aryl methyl sites for hydroxylation is 1. The summed E-state index contributed by atoms with van der Waals surface area (Å²) in [6.07, 6.45) is 12.9. The Labute approximate surface area is 204 Å². The van der Waals surface area contributed by atoms with Gasteiger partial charge in [-0.15, -0.1) is 0 Å². The molecule has 1 aliphatic rings. The van der Waals surface area contributed by atoms with Gasteiger partial charge < -0.3 is 9.30 Å². The smallest absolute Gasteiger partial charge is 0.258 e. The maximum Gasteiger partial charge on any atom is 0.258 e. The number of aromatic nitrogens is 3. The molecule has 2 aromatic heterocycles. The van der Waals surface area contributed by atoms with E-state index in [1.54, 1.807) is 32.5 Å². The van der Waals surface area contributed by atoms with E-state index in [1.165, 1.54) is 36.2 Å². The van der Waals surface area contributed by atoms with Crippen LogP contribution in [0.4, 0.5) is 0 Å². The fraction of sp³-hybridized carbons (Fsp3) is 0.333. The summed E-state index contributed by atoms with van der Waals surface area (Å²) in [4.78, 5) is 13.2. The van der Waals surface area contributed by atoms with Crippen molar-refractivity contribution < 1.29 is 13.2 Å². The van der Waals surface area contributed by atoms with Gasteiger partial charge in [-0.2, -0.15) is 5.10 Å². The van der Waals surface area contributed by atoms with Gasteiger partial charge in [0.1, 0.15) is 5.75 Å². The summed E-state index contributed by atoms with van der Waals surface area (Å²) in [6, 6.07) is 11.0. The third kappa shape index (κ3) is 4.38. The summed E-state index contributed by atoms with van der Waals surface area (Å²) in [7, 11) is -0.180. The molecule has 0 saturated heterocycles. The molecule has 35 heavy (non-hydrogen) atoms. The van der Waals surface area contributed by atoms with Gasteiger partial charge in [0.2, 0.25) is 0 Å². The van der Waals surface area contributed by atoms with Crippen LogP contribution in [0.1, 0.15) is 38.1 Å². The average Bonchev–Trinajstić information content (AvgIpc) is 3.36. The quantitative estimate of drug-likeness (QED) is 0.393. The van der Waals surface area contributed by atoms with Crippen molar-refractivity contribution in [1.82, 2.24) is 14.3 Å². The predicted octanol–water partition coefficient (Wildman–Crippen LogP) is 4.99. The summed E-state index contributed by atoms with van der Waals surface area (Å²) < 4.78 is 33.7. The molecular weight excluding hydrogens is 462 g/mol. The van der Waals surface area contributed by atoms with E-state index in [0.29, 0.717) is 22.7 Å². The largest absolute Gasteiger partial charge is 0.496 e. The van der Waals surface area contributed by atoms with Gasteiger partial charge in [0.05, 0.1) is 24.2 Å². The van der Waals surface area contributed by atoms with Crippen LogP contribution in [0, 0.1) is 0 Å². The fourth-order valence-corrected chi connectivity index (χ4v) is 5.67. The Bertz CT molecular complexity index is 1580. The first-order valence-corrected chi connectivity index (χ1v) is 13.7. The molecule has 0 atom stereocenters. The molecule has 2 heterocycles. The van der Waals surface area contributed by atoms with Crippen molar-refractivity contribution in [3.8, 4) is 28.0 Å². The summed E-state index contributed by atoms with van der Waals surface area (Å²) in [5.74, 6) is 0.535. The second-order valence-electron chi connectivity index (χ2n) is 9.35. The third-order valence-electron chi connectivity index (χ3n) is 6.96. The van der Waals surface area contributed by atoms with E-state index in [-0.39, 0.29) is 10.5 Å². The standard InChI is InChI=1S/C27H29N3O4S/c1-29-17-25(24-14-21(35(3,32)33)10-12-26(24)34-2)23-13-18(9-11-22(23)27(29)31)19-15-28-30(16-19)20-7-5-4-6-8-20/h9-17,20H,4-8H2,1-3H3. The van der Waals surface area contributed by atoms with Crippen LogP contribution in [0.15, 0.2) is 64.7 Å².